The van der Waals surface area contributed by atoms with E-state index >= 15 is 0 Å². The van der Waals surface area contributed by atoms with Crippen molar-refractivity contribution >= 4 is 6.08 Å². The molecule has 21 heavy (non-hydrogen) atoms. The summed E-state index contributed by atoms with van der Waals surface area (Å²) in [4.78, 5) is 0. The molecule has 0 aromatic heterocycles. The molecular weight excluding hydrogens is 264 g/mol. The molecule has 0 radical (unpaired) electrons. The van der Waals surface area contributed by atoms with Gasteiger partial charge in [0, 0.05) is 6.42 Å². The van der Waals surface area contributed by atoms with Crippen LogP contribution in [0.2, 0.25) is 0 Å². The van der Waals surface area contributed by atoms with Crippen LogP contribution in [0.1, 0.15) is 11.1 Å². The summed E-state index contributed by atoms with van der Waals surface area (Å²) in [6.45, 7) is 4.38. The number of rotatable bonds is 6. The first-order valence-electron chi connectivity index (χ1n) is 6.71. The molecule has 0 spiro atoms. The van der Waals surface area contributed by atoms with Gasteiger partial charge in [-0.05, 0) is 29.3 Å². The van der Waals surface area contributed by atoms with E-state index in [2.05, 4.69) is 18.7 Å². The molecule has 2 rings (SSSR count). The van der Waals surface area contributed by atoms with Crippen LogP contribution in [-0.4, -0.2) is 16.8 Å². The van der Waals surface area contributed by atoms with Crippen molar-refractivity contribution in [2.75, 3.05) is 6.61 Å². The molecule has 3 heteroatoms. The minimum Gasteiger partial charge on any atom is -0.504 e. The minimum absolute atomic E-state index is 0.134. The Morgan fingerprint density at radius 3 is 2.52 bits per heavy atom. The Labute approximate surface area is 124 Å². The zero-order valence-corrected chi connectivity index (χ0v) is 11.7. The quantitative estimate of drug-likeness (QED) is 0.480. The molecule has 0 unspecified atom stereocenters. The largest absolute Gasteiger partial charge is 0.504 e. The zero-order chi connectivity index (χ0) is 15.1. The van der Waals surface area contributed by atoms with Gasteiger partial charge in [-0.15, -0.1) is 0 Å². The van der Waals surface area contributed by atoms with Crippen LogP contribution in [0.25, 0.3) is 6.08 Å². The number of aromatic hydroxyl groups is 2. The van der Waals surface area contributed by atoms with Crippen LogP contribution in [0.3, 0.4) is 0 Å². The molecule has 2 aromatic carbocycles. The van der Waals surface area contributed by atoms with E-state index < -0.39 is 0 Å². The molecule has 0 amide bonds. The highest BCUT2D eigenvalue weighted by Crippen LogP contribution is 2.25. The van der Waals surface area contributed by atoms with Gasteiger partial charge in [-0.25, -0.2) is 0 Å². The molecule has 0 aliphatic carbocycles. The van der Waals surface area contributed by atoms with Crippen molar-refractivity contribution in [2.45, 2.75) is 6.42 Å². The number of allylic oxidation sites excluding steroid dienone is 1. The lowest BCUT2D eigenvalue weighted by atomic mass is 10.2. The Bertz CT molecular complexity index is 630. The van der Waals surface area contributed by atoms with Crippen molar-refractivity contribution in [3.8, 4) is 11.5 Å². The van der Waals surface area contributed by atoms with Crippen molar-refractivity contribution in [3.63, 3.8) is 0 Å². The smallest absolute Gasteiger partial charge is 0.157 e. The van der Waals surface area contributed by atoms with Gasteiger partial charge >= 0.3 is 0 Å². The Morgan fingerprint density at radius 2 is 1.81 bits per heavy atom. The van der Waals surface area contributed by atoms with Gasteiger partial charge in [0.15, 0.2) is 11.5 Å². The fourth-order valence-electron chi connectivity index (χ4n) is 1.83. The van der Waals surface area contributed by atoms with Crippen molar-refractivity contribution < 1.29 is 14.9 Å². The lowest BCUT2D eigenvalue weighted by Crippen LogP contribution is -1.96. The average molecular weight is 282 g/mol. The van der Waals surface area contributed by atoms with E-state index in [1.807, 2.05) is 18.2 Å². The second-order valence-electron chi connectivity index (χ2n) is 4.63. The maximum Gasteiger partial charge on any atom is 0.157 e. The van der Waals surface area contributed by atoms with Gasteiger partial charge in [-0.2, -0.15) is 0 Å². The summed E-state index contributed by atoms with van der Waals surface area (Å²) in [7, 11) is 0. The van der Waals surface area contributed by atoms with E-state index in [1.54, 1.807) is 18.2 Å². The van der Waals surface area contributed by atoms with Gasteiger partial charge in [0.05, 0.1) is 6.61 Å². The molecule has 0 fully saturated rings. The number of ether oxygens (including phenoxy) is 1. The Balaban J connectivity index is 1.81. The second-order valence-corrected chi connectivity index (χ2v) is 4.63. The van der Waals surface area contributed by atoms with Crippen LogP contribution in [0.15, 0.2) is 66.9 Å². The highest BCUT2D eigenvalue weighted by atomic mass is 16.5. The van der Waals surface area contributed by atoms with E-state index in [9.17, 15) is 10.2 Å². The summed E-state index contributed by atoms with van der Waals surface area (Å²) in [6, 6.07) is 14.7. The topological polar surface area (TPSA) is 49.7 Å². The van der Waals surface area contributed by atoms with Crippen molar-refractivity contribution in [3.05, 3.63) is 78.1 Å². The molecule has 3 nitrogen and oxygen atoms in total. The van der Waals surface area contributed by atoms with Gasteiger partial charge in [0.1, 0.15) is 5.76 Å². The molecule has 0 aliphatic rings. The van der Waals surface area contributed by atoms with Crippen LogP contribution in [-0.2, 0) is 11.2 Å². The first-order chi connectivity index (χ1) is 10.1. The third-order valence-electron chi connectivity index (χ3n) is 2.98. The summed E-state index contributed by atoms with van der Waals surface area (Å²) in [5, 5.41) is 18.6. The van der Waals surface area contributed by atoms with E-state index in [0.29, 0.717) is 12.4 Å². The van der Waals surface area contributed by atoms with Gasteiger partial charge < -0.3 is 14.9 Å². The standard InChI is InChI=1S/C18H18O3/c1-14(21-12-11-15-5-3-2-4-6-15)7-8-16-9-10-17(19)18(20)13-16/h2-10,13,19-20H,1,11-12H2/b8-7+. The normalized spacial score (nSPS) is 10.7. The van der Waals surface area contributed by atoms with Gasteiger partial charge in [0.25, 0.3) is 0 Å². The second kappa shape index (κ2) is 7.20. The molecule has 0 saturated carbocycles. The SMILES string of the molecule is C=C(/C=C/c1ccc(O)c(O)c1)OCCc1ccccc1. The van der Waals surface area contributed by atoms with Crippen LogP contribution in [0, 0.1) is 0 Å². The summed E-state index contributed by atoms with van der Waals surface area (Å²) >= 11 is 0. The Hall–Kier alpha value is -2.68. The minimum atomic E-state index is -0.146. The van der Waals surface area contributed by atoms with Crippen LogP contribution < -0.4 is 0 Å². The third kappa shape index (κ3) is 4.73. The van der Waals surface area contributed by atoms with Crippen molar-refractivity contribution in [1.29, 1.82) is 0 Å². The van der Waals surface area contributed by atoms with Gasteiger partial charge in [0.2, 0.25) is 0 Å². The number of phenols is 2. The monoisotopic (exact) mass is 282 g/mol. The maximum absolute atomic E-state index is 9.40. The zero-order valence-electron chi connectivity index (χ0n) is 11.7. The lowest BCUT2D eigenvalue weighted by molar-refractivity contribution is 0.230. The van der Waals surface area contributed by atoms with Crippen molar-refractivity contribution in [2.24, 2.45) is 0 Å². The van der Waals surface area contributed by atoms with Gasteiger partial charge in [-0.1, -0.05) is 49.1 Å². The van der Waals surface area contributed by atoms with E-state index in [0.717, 1.165) is 12.0 Å². The first kappa shape index (κ1) is 14.7. The molecule has 2 N–H and O–H groups in total. The number of phenolic OH excluding ortho intramolecular Hbond substituents is 2. The summed E-state index contributed by atoms with van der Waals surface area (Å²) in [6.07, 6.45) is 4.33. The molecule has 0 saturated heterocycles. The van der Waals surface area contributed by atoms with E-state index in [1.165, 1.54) is 17.7 Å². The van der Waals surface area contributed by atoms with Crippen LogP contribution in [0.4, 0.5) is 0 Å². The summed E-state index contributed by atoms with van der Waals surface area (Å²) < 4.78 is 5.53. The third-order valence-corrected chi connectivity index (χ3v) is 2.98. The first-order valence-corrected chi connectivity index (χ1v) is 6.71. The molecule has 108 valence electrons. The Kier molecular flexibility index (Phi) is 5.04. The molecule has 0 aliphatic heterocycles. The van der Waals surface area contributed by atoms with Crippen molar-refractivity contribution in [1.82, 2.24) is 0 Å². The number of hydrogen-bond donors (Lipinski definition) is 2. The summed E-state index contributed by atoms with van der Waals surface area (Å²) in [5.41, 5.74) is 1.98. The average Bonchev–Trinajstić information content (AvgIpc) is 2.49. The van der Waals surface area contributed by atoms with Crippen LogP contribution >= 0.6 is 0 Å². The molecule has 2 aromatic rings. The van der Waals surface area contributed by atoms with Gasteiger partial charge in [-0.3, -0.25) is 0 Å². The lowest BCUT2D eigenvalue weighted by Gasteiger charge is -2.05. The number of hydrogen-bond acceptors (Lipinski definition) is 3. The molecular formula is C18H18O3. The molecule has 0 bridgehead atoms. The van der Waals surface area contributed by atoms with E-state index in [-0.39, 0.29) is 11.5 Å². The predicted octanol–water partition coefficient (Wildman–Crippen LogP) is 3.88. The predicted molar refractivity (Wildman–Crippen MR) is 84.0 cm³/mol. The number of benzene rings is 2. The fraction of sp³-hybridized carbons (Fsp3) is 0.111. The highest BCUT2D eigenvalue weighted by Gasteiger charge is 1.98. The van der Waals surface area contributed by atoms with E-state index in [4.69, 9.17) is 4.74 Å². The molecule has 0 atom stereocenters. The highest BCUT2D eigenvalue weighted by molar-refractivity contribution is 5.56. The summed E-state index contributed by atoms with van der Waals surface area (Å²) in [5.74, 6) is 0.274. The maximum atomic E-state index is 9.40. The molecule has 0 heterocycles. The fourth-order valence-corrected chi connectivity index (χ4v) is 1.83. The Morgan fingerprint density at radius 1 is 1.05 bits per heavy atom. The van der Waals surface area contributed by atoms with Crippen LogP contribution in [0.5, 0.6) is 11.5 Å².